The molecular formula is C25H21ClN2O5. The molecule has 1 aromatic heterocycles. The van der Waals surface area contributed by atoms with Crippen molar-refractivity contribution in [1.29, 1.82) is 0 Å². The molecule has 33 heavy (non-hydrogen) atoms. The lowest BCUT2D eigenvalue weighted by Crippen LogP contribution is -2.53. The number of carbonyl (C=O) groups excluding carboxylic acids is 2. The molecule has 0 radical (unpaired) electrons. The number of methoxy groups -OCH3 is 1. The Morgan fingerprint density at radius 1 is 1.18 bits per heavy atom. The van der Waals surface area contributed by atoms with Crippen LogP contribution in [0.3, 0.4) is 0 Å². The first-order chi connectivity index (χ1) is 16.0. The van der Waals surface area contributed by atoms with Crippen molar-refractivity contribution in [3.63, 3.8) is 0 Å². The van der Waals surface area contributed by atoms with Gasteiger partial charge in [0.15, 0.2) is 11.0 Å². The molecule has 7 nitrogen and oxygen atoms in total. The number of hydrogen-bond donors (Lipinski definition) is 0. The average molecular weight is 465 g/mol. The number of anilines is 1. The zero-order valence-corrected chi connectivity index (χ0v) is 18.7. The second-order valence-electron chi connectivity index (χ2n) is 8.01. The quantitative estimate of drug-likeness (QED) is 0.410. The van der Waals surface area contributed by atoms with Crippen molar-refractivity contribution in [2.75, 3.05) is 31.7 Å². The minimum atomic E-state index is -1.63. The Labute approximate surface area is 194 Å². The molecule has 3 aromatic rings. The molecule has 0 saturated heterocycles. The Kier molecular flexibility index (Phi) is 5.11. The summed E-state index contributed by atoms with van der Waals surface area (Å²) in [6.07, 6.45) is 2.09. The van der Waals surface area contributed by atoms with Crippen molar-refractivity contribution in [1.82, 2.24) is 4.90 Å². The van der Waals surface area contributed by atoms with Crippen LogP contribution in [-0.4, -0.2) is 43.5 Å². The van der Waals surface area contributed by atoms with Crippen LogP contribution in [0.15, 0.2) is 64.3 Å². The van der Waals surface area contributed by atoms with E-state index in [1.807, 2.05) is 6.07 Å². The topological polar surface area (TPSA) is 80.1 Å². The third kappa shape index (κ3) is 2.82. The summed E-state index contributed by atoms with van der Waals surface area (Å²) in [7, 11) is 1.57. The van der Waals surface area contributed by atoms with Gasteiger partial charge >= 0.3 is 0 Å². The van der Waals surface area contributed by atoms with Crippen LogP contribution in [-0.2, 0) is 15.1 Å². The van der Waals surface area contributed by atoms with Gasteiger partial charge in [0.1, 0.15) is 5.58 Å². The predicted molar refractivity (Wildman–Crippen MR) is 125 cm³/mol. The highest BCUT2D eigenvalue weighted by atomic mass is 35.5. The molecule has 0 aliphatic carbocycles. The second-order valence-corrected chi connectivity index (χ2v) is 8.45. The Morgan fingerprint density at radius 3 is 2.73 bits per heavy atom. The van der Waals surface area contributed by atoms with E-state index in [9.17, 15) is 14.4 Å². The number of amides is 2. The highest BCUT2D eigenvalue weighted by molar-refractivity contribution is 6.31. The van der Waals surface area contributed by atoms with Crippen LogP contribution in [0, 0.1) is 0 Å². The van der Waals surface area contributed by atoms with E-state index in [2.05, 4.69) is 6.58 Å². The van der Waals surface area contributed by atoms with E-state index >= 15 is 0 Å². The van der Waals surface area contributed by atoms with E-state index in [0.717, 1.165) is 0 Å². The molecule has 0 N–H and O–H groups in total. The summed E-state index contributed by atoms with van der Waals surface area (Å²) >= 11 is 6.15. The van der Waals surface area contributed by atoms with Crippen molar-refractivity contribution in [3.05, 3.63) is 87.3 Å². The first kappa shape index (κ1) is 21.4. The fraction of sp³-hybridized carbons (Fsp3) is 0.240. The summed E-state index contributed by atoms with van der Waals surface area (Å²) in [6, 6.07) is 11.8. The molecule has 8 heteroatoms. The second kappa shape index (κ2) is 7.86. The third-order valence-corrected chi connectivity index (χ3v) is 6.47. The lowest BCUT2D eigenvalue weighted by atomic mass is 9.84. The Bertz CT molecular complexity index is 1380. The van der Waals surface area contributed by atoms with E-state index in [4.69, 9.17) is 20.8 Å². The van der Waals surface area contributed by atoms with Crippen LogP contribution >= 0.6 is 11.6 Å². The van der Waals surface area contributed by atoms with Crippen molar-refractivity contribution in [3.8, 4) is 0 Å². The van der Waals surface area contributed by atoms with Gasteiger partial charge in [-0.05, 0) is 30.7 Å². The van der Waals surface area contributed by atoms with E-state index < -0.39 is 16.9 Å². The van der Waals surface area contributed by atoms with Crippen LogP contribution in [0.5, 0.6) is 0 Å². The Balaban J connectivity index is 1.87. The molecule has 0 saturated carbocycles. The standard InChI is InChI=1S/C25H21ClN2O5/c1-3-11-27-18-8-5-4-7-17(18)25(24(27)31)20-21(29)16-14-15(26)9-10-19(16)33-22(20)23(30)28(25)12-6-13-32-2/h3-5,7-10,14H,1,6,11-13H2,2H3. The van der Waals surface area contributed by atoms with Crippen molar-refractivity contribution in [2.45, 2.75) is 12.0 Å². The van der Waals surface area contributed by atoms with E-state index in [0.29, 0.717) is 29.3 Å². The number of benzene rings is 2. The predicted octanol–water partition coefficient (Wildman–Crippen LogP) is 3.71. The normalized spacial score (nSPS) is 19.0. The number of carbonyl (C=O) groups is 2. The van der Waals surface area contributed by atoms with Crippen LogP contribution in [0.2, 0.25) is 5.02 Å². The monoisotopic (exact) mass is 464 g/mol. The zero-order valence-electron chi connectivity index (χ0n) is 18.0. The highest BCUT2D eigenvalue weighted by Gasteiger charge is 2.64. The van der Waals surface area contributed by atoms with Crippen molar-refractivity contribution >= 4 is 40.1 Å². The number of para-hydroxylation sites is 1. The van der Waals surface area contributed by atoms with E-state index in [1.165, 1.54) is 11.0 Å². The molecule has 2 aromatic carbocycles. The van der Waals surface area contributed by atoms with Crippen LogP contribution in [0.1, 0.15) is 28.1 Å². The van der Waals surface area contributed by atoms with E-state index in [1.54, 1.807) is 48.4 Å². The Hall–Kier alpha value is -3.42. The summed E-state index contributed by atoms with van der Waals surface area (Å²) in [5, 5.41) is 0.580. The molecule has 3 heterocycles. The molecule has 2 aliphatic heterocycles. The Morgan fingerprint density at radius 2 is 1.97 bits per heavy atom. The van der Waals surface area contributed by atoms with Gasteiger partial charge in [0, 0.05) is 37.4 Å². The summed E-state index contributed by atoms with van der Waals surface area (Å²) < 4.78 is 11.1. The number of hydrogen-bond acceptors (Lipinski definition) is 5. The summed E-state index contributed by atoms with van der Waals surface area (Å²) in [6.45, 7) is 4.60. The van der Waals surface area contributed by atoms with E-state index in [-0.39, 0.29) is 41.3 Å². The zero-order chi connectivity index (χ0) is 23.3. The smallest absolute Gasteiger partial charge is 0.291 e. The van der Waals surface area contributed by atoms with Gasteiger partial charge in [-0.15, -0.1) is 6.58 Å². The maximum Gasteiger partial charge on any atom is 0.291 e. The largest absolute Gasteiger partial charge is 0.450 e. The van der Waals surface area contributed by atoms with Gasteiger partial charge in [-0.2, -0.15) is 0 Å². The molecule has 0 bridgehead atoms. The number of nitrogens with zero attached hydrogens (tertiary/aromatic N) is 2. The molecule has 1 unspecified atom stereocenters. The number of halogens is 1. The SMILES string of the molecule is C=CCN1C(=O)C2(c3ccccc31)c1c(oc3ccc(Cl)cc3c1=O)C(=O)N2CCCOC. The molecule has 2 aliphatic rings. The molecule has 5 rings (SSSR count). The van der Waals surface area contributed by atoms with Crippen LogP contribution < -0.4 is 10.3 Å². The maximum atomic E-state index is 14.1. The molecule has 2 amide bonds. The van der Waals surface area contributed by atoms with Gasteiger partial charge in [-0.3, -0.25) is 14.4 Å². The van der Waals surface area contributed by atoms with Gasteiger partial charge in [0.05, 0.1) is 16.6 Å². The molecule has 0 fully saturated rings. The van der Waals surface area contributed by atoms with Gasteiger partial charge < -0.3 is 19.0 Å². The third-order valence-electron chi connectivity index (χ3n) is 6.24. The van der Waals surface area contributed by atoms with Crippen molar-refractivity contribution in [2.24, 2.45) is 0 Å². The molecule has 168 valence electrons. The van der Waals surface area contributed by atoms with Crippen LogP contribution in [0.25, 0.3) is 11.0 Å². The number of rotatable bonds is 6. The lowest BCUT2D eigenvalue weighted by molar-refractivity contribution is -0.126. The van der Waals surface area contributed by atoms with Crippen LogP contribution in [0.4, 0.5) is 5.69 Å². The first-order valence-corrected chi connectivity index (χ1v) is 10.9. The van der Waals surface area contributed by atoms with Gasteiger partial charge in [-0.1, -0.05) is 35.9 Å². The van der Waals surface area contributed by atoms with Gasteiger partial charge in [-0.25, -0.2) is 0 Å². The number of ether oxygens (including phenoxy) is 1. The first-order valence-electron chi connectivity index (χ1n) is 10.6. The molecule has 1 atom stereocenters. The minimum Gasteiger partial charge on any atom is -0.450 e. The lowest BCUT2D eigenvalue weighted by Gasteiger charge is -2.34. The average Bonchev–Trinajstić information content (AvgIpc) is 3.20. The number of fused-ring (bicyclic) bond motifs is 5. The fourth-order valence-corrected chi connectivity index (χ4v) is 5.11. The van der Waals surface area contributed by atoms with Gasteiger partial charge in [0.2, 0.25) is 5.76 Å². The molecule has 1 spiro atoms. The fourth-order valence-electron chi connectivity index (χ4n) is 4.94. The summed E-state index contributed by atoms with van der Waals surface area (Å²) in [5.41, 5.74) is -0.604. The van der Waals surface area contributed by atoms with Gasteiger partial charge in [0.25, 0.3) is 11.8 Å². The summed E-state index contributed by atoms with van der Waals surface area (Å²) in [5.74, 6) is -1.00. The van der Waals surface area contributed by atoms with Crippen molar-refractivity contribution < 1.29 is 18.7 Å². The highest BCUT2D eigenvalue weighted by Crippen LogP contribution is 2.52. The molecular weight excluding hydrogens is 444 g/mol. The summed E-state index contributed by atoms with van der Waals surface area (Å²) in [4.78, 5) is 44.7. The maximum absolute atomic E-state index is 14.1. The minimum absolute atomic E-state index is 0.0312.